The molecule has 0 saturated heterocycles. The van der Waals surface area contributed by atoms with Gasteiger partial charge in [-0.25, -0.2) is 4.79 Å². The molecule has 3 aromatic rings. The highest BCUT2D eigenvalue weighted by atomic mass is 16.4. The third-order valence-electron chi connectivity index (χ3n) is 5.32. The molecule has 0 aliphatic rings. The maximum absolute atomic E-state index is 13.1. The predicted octanol–water partition coefficient (Wildman–Crippen LogP) is 3.99. The average molecular weight is 389 g/mol. The van der Waals surface area contributed by atoms with Crippen LogP contribution in [-0.2, 0) is 19.0 Å². The van der Waals surface area contributed by atoms with E-state index in [1.807, 2.05) is 27.0 Å². The molecule has 0 radical (unpaired) electrons. The minimum atomic E-state index is -0.319. The Hall–Kier alpha value is -2.31. The van der Waals surface area contributed by atoms with E-state index in [1.54, 1.807) is 11.4 Å². The summed E-state index contributed by atoms with van der Waals surface area (Å²) in [6.07, 6.45) is 9.79. The molecule has 7 heteroatoms. The number of hydrogen-bond donors (Lipinski definition) is 0. The minimum absolute atomic E-state index is 0.190. The maximum Gasteiger partial charge on any atom is 0.332 e. The summed E-state index contributed by atoms with van der Waals surface area (Å²) in [7, 11) is 1.66. The standard InChI is InChI=1S/C21H32N4O3/c1-6-7-8-9-10-11-12-13-24-18(26)16-17(23(5)20(24)27)22-19-25(16)14-15(28-19)21(2,3)4/h14H,6-13H2,1-5H3. The lowest BCUT2D eigenvalue weighted by Crippen LogP contribution is -2.39. The van der Waals surface area contributed by atoms with Gasteiger partial charge in [-0.2, -0.15) is 4.98 Å². The van der Waals surface area contributed by atoms with Crippen molar-refractivity contribution in [2.24, 2.45) is 7.05 Å². The van der Waals surface area contributed by atoms with Crippen LogP contribution in [0, 0.1) is 0 Å². The molecule has 0 amide bonds. The molecule has 0 fully saturated rings. The molecule has 3 rings (SSSR count). The molecule has 0 aliphatic heterocycles. The van der Waals surface area contributed by atoms with Gasteiger partial charge < -0.3 is 4.42 Å². The van der Waals surface area contributed by atoms with Crippen molar-refractivity contribution < 1.29 is 4.42 Å². The number of nitrogens with zero attached hydrogens (tertiary/aromatic N) is 4. The van der Waals surface area contributed by atoms with Gasteiger partial charge >= 0.3 is 11.5 Å². The van der Waals surface area contributed by atoms with Gasteiger partial charge in [-0.15, -0.1) is 0 Å². The first-order valence-electron chi connectivity index (χ1n) is 10.4. The number of rotatable bonds is 8. The van der Waals surface area contributed by atoms with E-state index in [0.29, 0.717) is 23.6 Å². The third kappa shape index (κ3) is 3.80. The van der Waals surface area contributed by atoms with Gasteiger partial charge in [0.25, 0.3) is 5.56 Å². The smallest absolute Gasteiger partial charge is 0.332 e. The van der Waals surface area contributed by atoms with Crippen LogP contribution in [0.25, 0.3) is 17.0 Å². The van der Waals surface area contributed by atoms with Crippen LogP contribution >= 0.6 is 0 Å². The van der Waals surface area contributed by atoms with E-state index in [4.69, 9.17) is 4.42 Å². The molecule has 0 aliphatic carbocycles. The van der Waals surface area contributed by atoms with Crippen LogP contribution in [0.2, 0.25) is 0 Å². The molecule has 0 N–H and O–H groups in total. The van der Waals surface area contributed by atoms with Crippen molar-refractivity contribution in [3.8, 4) is 0 Å². The molecular weight excluding hydrogens is 356 g/mol. The molecule has 3 heterocycles. The number of imidazole rings is 1. The first-order chi connectivity index (χ1) is 13.3. The molecule has 0 spiro atoms. The van der Waals surface area contributed by atoms with Crippen LogP contribution < -0.4 is 11.2 Å². The fourth-order valence-electron chi connectivity index (χ4n) is 3.52. The van der Waals surface area contributed by atoms with E-state index in [2.05, 4.69) is 11.9 Å². The minimum Gasteiger partial charge on any atom is -0.428 e. The van der Waals surface area contributed by atoms with Crippen molar-refractivity contribution >= 4 is 17.0 Å². The van der Waals surface area contributed by atoms with Gasteiger partial charge in [0, 0.05) is 19.0 Å². The monoisotopic (exact) mass is 388 g/mol. The SMILES string of the molecule is CCCCCCCCCn1c(=O)c2c(nc3oc(C(C)(C)C)cn32)n(C)c1=O. The summed E-state index contributed by atoms with van der Waals surface area (Å²) >= 11 is 0. The molecule has 0 bridgehead atoms. The van der Waals surface area contributed by atoms with E-state index in [0.717, 1.165) is 25.0 Å². The van der Waals surface area contributed by atoms with Gasteiger partial charge in [-0.1, -0.05) is 66.2 Å². The largest absolute Gasteiger partial charge is 0.428 e. The highest BCUT2D eigenvalue weighted by Gasteiger charge is 2.24. The van der Waals surface area contributed by atoms with Crippen LogP contribution in [-0.4, -0.2) is 18.5 Å². The Morgan fingerprint density at radius 1 is 1.04 bits per heavy atom. The highest BCUT2D eigenvalue weighted by Crippen LogP contribution is 2.26. The Bertz CT molecular complexity index is 1080. The van der Waals surface area contributed by atoms with Crippen molar-refractivity contribution in [1.29, 1.82) is 0 Å². The lowest BCUT2D eigenvalue weighted by Gasteiger charge is -2.13. The van der Waals surface area contributed by atoms with Crippen molar-refractivity contribution in [2.45, 2.75) is 84.6 Å². The fourth-order valence-corrected chi connectivity index (χ4v) is 3.52. The summed E-state index contributed by atoms with van der Waals surface area (Å²) in [6, 6.07) is 0. The van der Waals surface area contributed by atoms with E-state index in [-0.39, 0.29) is 16.7 Å². The summed E-state index contributed by atoms with van der Waals surface area (Å²) in [5.74, 6) is 1.10. The van der Waals surface area contributed by atoms with Crippen LogP contribution in [0.3, 0.4) is 0 Å². The Labute approximate surface area is 165 Å². The first-order valence-corrected chi connectivity index (χ1v) is 10.4. The van der Waals surface area contributed by atoms with Crippen molar-refractivity contribution in [1.82, 2.24) is 18.5 Å². The summed E-state index contributed by atoms with van der Waals surface area (Å²) < 4.78 is 10.3. The molecule has 154 valence electrons. The molecule has 28 heavy (non-hydrogen) atoms. The Morgan fingerprint density at radius 2 is 1.68 bits per heavy atom. The van der Waals surface area contributed by atoms with E-state index in [9.17, 15) is 9.59 Å². The van der Waals surface area contributed by atoms with Gasteiger partial charge in [0.1, 0.15) is 5.76 Å². The van der Waals surface area contributed by atoms with Gasteiger partial charge in [-0.05, 0) is 6.42 Å². The van der Waals surface area contributed by atoms with E-state index in [1.165, 1.54) is 34.8 Å². The quantitative estimate of drug-likeness (QED) is 0.547. The summed E-state index contributed by atoms with van der Waals surface area (Å²) in [5, 5.41) is 0. The van der Waals surface area contributed by atoms with Gasteiger partial charge in [0.15, 0.2) is 11.2 Å². The average Bonchev–Trinajstić information content (AvgIpc) is 3.19. The molecule has 0 atom stereocenters. The number of fused-ring (bicyclic) bond motifs is 3. The molecule has 3 aromatic heterocycles. The zero-order valence-electron chi connectivity index (χ0n) is 17.7. The molecular formula is C21H32N4O3. The second-order valence-electron chi connectivity index (χ2n) is 8.70. The molecule has 0 unspecified atom stereocenters. The van der Waals surface area contributed by atoms with E-state index < -0.39 is 0 Å². The maximum atomic E-state index is 13.1. The van der Waals surface area contributed by atoms with Crippen molar-refractivity contribution in [3.63, 3.8) is 0 Å². The third-order valence-corrected chi connectivity index (χ3v) is 5.32. The lowest BCUT2D eigenvalue weighted by atomic mass is 9.94. The zero-order valence-corrected chi connectivity index (χ0v) is 17.7. The Morgan fingerprint density at radius 3 is 2.32 bits per heavy atom. The van der Waals surface area contributed by atoms with Crippen LogP contribution in [0.5, 0.6) is 0 Å². The summed E-state index contributed by atoms with van der Waals surface area (Å²) in [4.78, 5) is 30.2. The molecule has 0 saturated carbocycles. The van der Waals surface area contributed by atoms with Crippen molar-refractivity contribution in [2.75, 3.05) is 0 Å². The fraction of sp³-hybridized carbons (Fsp3) is 0.667. The number of aryl methyl sites for hydroxylation is 1. The Kier molecular flexibility index (Phi) is 5.82. The Balaban J connectivity index is 1.90. The number of oxazole rings is 1. The van der Waals surface area contributed by atoms with Crippen LogP contribution in [0.15, 0.2) is 20.2 Å². The molecule has 0 aromatic carbocycles. The number of hydrogen-bond acceptors (Lipinski definition) is 4. The van der Waals surface area contributed by atoms with E-state index >= 15 is 0 Å². The van der Waals surface area contributed by atoms with Gasteiger partial charge in [0.05, 0.1) is 6.20 Å². The summed E-state index contributed by atoms with van der Waals surface area (Å²) in [6.45, 7) is 8.77. The highest BCUT2D eigenvalue weighted by molar-refractivity contribution is 5.74. The number of unbranched alkanes of at least 4 members (excludes halogenated alkanes) is 6. The first kappa shape index (κ1) is 20.4. The topological polar surface area (TPSA) is 74.4 Å². The second kappa shape index (κ2) is 7.97. The number of aromatic nitrogens is 4. The second-order valence-corrected chi connectivity index (χ2v) is 8.70. The van der Waals surface area contributed by atoms with Crippen LogP contribution in [0.1, 0.15) is 78.4 Å². The van der Waals surface area contributed by atoms with Crippen molar-refractivity contribution in [3.05, 3.63) is 32.8 Å². The molecule has 7 nitrogen and oxygen atoms in total. The van der Waals surface area contributed by atoms with Gasteiger partial charge in [-0.3, -0.25) is 18.3 Å². The van der Waals surface area contributed by atoms with Crippen LogP contribution in [0.4, 0.5) is 0 Å². The zero-order chi connectivity index (χ0) is 20.5. The predicted molar refractivity (Wildman–Crippen MR) is 111 cm³/mol. The lowest BCUT2D eigenvalue weighted by molar-refractivity contribution is 0.425. The van der Waals surface area contributed by atoms with Gasteiger partial charge in [0.2, 0.25) is 0 Å². The summed E-state index contributed by atoms with van der Waals surface area (Å²) in [5.41, 5.74) is -0.0350. The normalized spacial score (nSPS) is 12.5.